The van der Waals surface area contributed by atoms with Crippen molar-refractivity contribution in [3.8, 4) is 0 Å². The molecule has 0 aliphatic rings. The Hall–Kier alpha value is -2.67. The van der Waals surface area contributed by atoms with E-state index in [2.05, 4.69) is 10.5 Å². The summed E-state index contributed by atoms with van der Waals surface area (Å²) in [5.74, 6) is -0.778. The van der Waals surface area contributed by atoms with E-state index in [-0.39, 0.29) is 16.5 Å². The molecule has 0 unspecified atom stereocenters. The molecule has 2 aromatic heterocycles. The number of thiophene rings is 1. The molecule has 2 heterocycles. The fourth-order valence-corrected chi connectivity index (χ4v) is 2.78. The second-order valence-corrected chi connectivity index (χ2v) is 5.53. The lowest BCUT2D eigenvalue weighted by molar-refractivity contribution is 0.0702. The second kappa shape index (κ2) is 5.02. The molecule has 0 saturated carbocycles. The normalized spacial score (nSPS) is 10.7. The van der Waals surface area contributed by atoms with Crippen molar-refractivity contribution < 1.29 is 19.2 Å². The number of fused-ring (bicyclic) bond motifs is 1. The van der Waals surface area contributed by atoms with Crippen LogP contribution in [0.1, 0.15) is 25.9 Å². The Bertz CT molecular complexity index is 850. The van der Waals surface area contributed by atoms with Gasteiger partial charge in [0.2, 0.25) is 0 Å². The fourth-order valence-electron chi connectivity index (χ4n) is 1.90. The molecule has 7 heteroatoms. The minimum Gasteiger partial charge on any atom is -0.477 e. The van der Waals surface area contributed by atoms with Crippen LogP contribution in [0.5, 0.6) is 0 Å². The van der Waals surface area contributed by atoms with Gasteiger partial charge in [0.1, 0.15) is 10.6 Å². The maximum Gasteiger partial charge on any atom is 0.345 e. The van der Waals surface area contributed by atoms with Gasteiger partial charge >= 0.3 is 5.97 Å². The molecule has 1 amide bonds. The quantitative estimate of drug-likeness (QED) is 0.775. The Morgan fingerprint density at radius 2 is 2.10 bits per heavy atom. The summed E-state index contributed by atoms with van der Waals surface area (Å²) < 4.78 is 5.70. The molecular formula is C14H10N2O4S. The number of rotatable bonds is 3. The van der Waals surface area contributed by atoms with Crippen LogP contribution in [0, 0.1) is 6.92 Å². The van der Waals surface area contributed by atoms with Gasteiger partial charge in [0.05, 0.1) is 0 Å². The number of carboxylic acid groups (broad SMARTS) is 1. The van der Waals surface area contributed by atoms with Crippen molar-refractivity contribution in [3.05, 3.63) is 46.7 Å². The van der Waals surface area contributed by atoms with Gasteiger partial charge in [-0.15, -0.1) is 11.3 Å². The molecule has 106 valence electrons. The first-order valence-electron chi connectivity index (χ1n) is 6.04. The Morgan fingerprint density at radius 1 is 1.29 bits per heavy atom. The molecule has 2 N–H and O–H groups in total. The number of aryl methyl sites for hydroxylation is 1. The van der Waals surface area contributed by atoms with Gasteiger partial charge in [-0.3, -0.25) is 4.79 Å². The van der Waals surface area contributed by atoms with Gasteiger partial charge in [0, 0.05) is 16.5 Å². The smallest absolute Gasteiger partial charge is 0.345 e. The summed E-state index contributed by atoms with van der Waals surface area (Å²) in [5.41, 5.74) is 0.770. The molecule has 0 spiro atoms. The highest BCUT2D eigenvalue weighted by molar-refractivity contribution is 7.20. The second-order valence-electron chi connectivity index (χ2n) is 4.45. The third-order valence-corrected chi connectivity index (χ3v) is 3.95. The maximum absolute atomic E-state index is 12.0. The number of hydrogen-bond acceptors (Lipinski definition) is 5. The Balaban J connectivity index is 1.87. The van der Waals surface area contributed by atoms with Crippen LogP contribution in [0.25, 0.3) is 10.1 Å². The van der Waals surface area contributed by atoms with E-state index in [0.29, 0.717) is 11.4 Å². The van der Waals surface area contributed by atoms with Crippen molar-refractivity contribution in [2.75, 3.05) is 5.32 Å². The number of aromatic carboxylic acids is 1. The number of nitrogens with zero attached hydrogens (tertiary/aromatic N) is 1. The SMILES string of the molecule is Cc1cc(C(=O)Nc2ccc3sc(C(=O)O)cc3c2)no1. The molecule has 6 nitrogen and oxygen atoms in total. The number of nitrogens with one attached hydrogen (secondary N) is 1. The van der Waals surface area contributed by atoms with Crippen molar-refractivity contribution in [1.29, 1.82) is 0 Å². The minimum absolute atomic E-state index is 0.198. The van der Waals surface area contributed by atoms with Crippen LogP contribution in [-0.4, -0.2) is 22.1 Å². The standard InChI is InChI=1S/C14H10N2O4S/c1-7-4-10(16-20-7)13(17)15-9-2-3-11-8(5-9)6-12(21-11)14(18)19/h2-6H,1H3,(H,15,17)(H,18,19). The molecule has 0 radical (unpaired) electrons. The van der Waals surface area contributed by atoms with E-state index in [4.69, 9.17) is 9.63 Å². The van der Waals surface area contributed by atoms with Crippen LogP contribution in [0.4, 0.5) is 5.69 Å². The maximum atomic E-state index is 12.0. The Labute approximate surface area is 123 Å². The first-order chi connectivity index (χ1) is 10.0. The molecule has 0 aliphatic heterocycles. The highest BCUT2D eigenvalue weighted by Gasteiger charge is 2.13. The summed E-state index contributed by atoms with van der Waals surface area (Å²) in [6, 6.07) is 8.34. The van der Waals surface area contributed by atoms with E-state index in [1.54, 1.807) is 37.3 Å². The lowest BCUT2D eigenvalue weighted by Gasteiger charge is -2.02. The third-order valence-electron chi connectivity index (χ3n) is 2.85. The van der Waals surface area contributed by atoms with Crippen molar-refractivity contribution in [1.82, 2.24) is 5.16 Å². The third kappa shape index (κ3) is 2.63. The predicted octanol–water partition coefficient (Wildman–Crippen LogP) is 3.15. The number of anilines is 1. The topological polar surface area (TPSA) is 92.4 Å². The molecule has 3 aromatic rings. The van der Waals surface area contributed by atoms with Gasteiger partial charge in [-0.05, 0) is 36.6 Å². The predicted molar refractivity (Wildman–Crippen MR) is 78.0 cm³/mol. The number of carbonyl (C=O) groups excluding carboxylic acids is 1. The molecule has 1 aromatic carbocycles. The fraction of sp³-hybridized carbons (Fsp3) is 0.0714. The number of aromatic nitrogens is 1. The molecule has 0 bridgehead atoms. The molecular weight excluding hydrogens is 292 g/mol. The zero-order valence-corrected chi connectivity index (χ0v) is 11.7. The van der Waals surface area contributed by atoms with Crippen molar-refractivity contribution >= 4 is 39.0 Å². The van der Waals surface area contributed by atoms with Gasteiger partial charge in [0.25, 0.3) is 5.91 Å². The summed E-state index contributed by atoms with van der Waals surface area (Å²) in [6.07, 6.45) is 0. The highest BCUT2D eigenvalue weighted by atomic mass is 32.1. The number of amides is 1. The van der Waals surface area contributed by atoms with Crippen molar-refractivity contribution in [2.45, 2.75) is 6.92 Å². The summed E-state index contributed by atoms with van der Waals surface area (Å²) in [4.78, 5) is 23.2. The monoisotopic (exact) mass is 302 g/mol. The summed E-state index contributed by atoms with van der Waals surface area (Å²) in [5, 5.41) is 16.1. The lowest BCUT2D eigenvalue weighted by Crippen LogP contribution is -2.11. The van der Waals surface area contributed by atoms with Crippen LogP contribution in [0.3, 0.4) is 0 Å². The van der Waals surface area contributed by atoms with E-state index in [1.807, 2.05) is 0 Å². The average molecular weight is 302 g/mol. The van der Waals surface area contributed by atoms with Crippen LogP contribution >= 0.6 is 11.3 Å². The van der Waals surface area contributed by atoms with E-state index in [1.165, 1.54) is 11.3 Å². The van der Waals surface area contributed by atoms with Crippen LogP contribution in [0.15, 0.2) is 34.9 Å². The minimum atomic E-state index is -0.958. The van der Waals surface area contributed by atoms with E-state index in [9.17, 15) is 9.59 Å². The van der Waals surface area contributed by atoms with Gasteiger partial charge in [0.15, 0.2) is 5.69 Å². The molecule has 21 heavy (non-hydrogen) atoms. The van der Waals surface area contributed by atoms with Gasteiger partial charge < -0.3 is 14.9 Å². The van der Waals surface area contributed by atoms with Crippen LogP contribution in [-0.2, 0) is 0 Å². The molecule has 0 fully saturated rings. The van der Waals surface area contributed by atoms with Crippen molar-refractivity contribution in [2.24, 2.45) is 0 Å². The number of carboxylic acids is 1. The number of carbonyl (C=O) groups is 2. The Morgan fingerprint density at radius 3 is 2.76 bits per heavy atom. The van der Waals surface area contributed by atoms with E-state index >= 15 is 0 Å². The lowest BCUT2D eigenvalue weighted by atomic mass is 10.2. The summed E-state index contributed by atoms with van der Waals surface area (Å²) >= 11 is 1.19. The Kier molecular flexibility index (Phi) is 3.19. The zero-order chi connectivity index (χ0) is 15.0. The van der Waals surface area contributed by atoms with Crippen LogP contribution < -0.4 is 5.32 Å². The van der Waals surface area contributed by atoms with Gasteiger partial charge in [-0.1, -0.05) is 5.16 Å². The van der Waals surface area contributed by atoms with Gasteiger partial charge in [-0.2, -0.15) is 0 Å². The zero-order valence-electron chi connectivity index (χ0n) is 10.9. The first-order valence-corrected chi connectivity index (χ1v) is 6.86. The summed E-state index contributed by atoms with van der Waals surface area (Å²) in [7, 11) is 0. The first kappa shape index (κ1) is 13.3. The molecule has 3 rings (SSSR count). The van der Waals surface area contributed by atoms with Crippen LogP contribution in [0.2, 0.25) is 0 Å². The van der Waals surface area contributed by atoms with E-state index in [0.717, 1.165) is 10.1 Å². The van der Waals surface area contributed by atoms with Gasteiger partial charge in [-0.25, -0.2) is 4.79 Å². The molecule has 0 aliphatic carbocycles. The number of hydrogen-bond donors (Lipinski definition) is 2. The summed E-state index contributed by atoms with van der Waals surface area (Å²) in [6.45, 7) is 1.70. The average Bonchev–Trinajstić information content (AvgIpc) is 3.04. The van der Waals surface area contributed by atoms with E-state index < -0.39 is 5.97 Å². The van der Waals surface area contributed by atoms with Crippen molar-refractivity contribution in [3.63, 3.8) is 0 Å². The molecule has 0 atom stereocenters. The largest absolute Gasteiger partial charge is 0.477 e. The number of benzene rings is 1. The highest BCUT2D eigenvalue weighted by Crippen LogP contribution is 2.28. The molecule has 0 saturated heterocycles.